The Morgan fingerprint density at radius 2 is 1.52 bits per heavy atom. The third-order valence-corrected chi connectivity index (χ3v) is 7.68. The van der Waals surface area contributed by atoms with Gasteiger partial charge < -0.3 is 30.0 Å². The molecule has 1 aromatic heterocycles. The molecule has 0 saturated carbocycles. The van der Waals surface area contributed by atoms with Gasteiger partial charge in [-0.3, -0.25) is 4.79 Å². The van der Waals surface area contributed by atoms with E-state index in [0.717, 1.165) is 40.6 Å². The van der Waals surface area contributed by atoms with Gasteiger partial charge in [0.1, 0.15) is 24.8 Å². The highest BCUT2D eigenvalue weighted by molar-refractivity contribution is 5.86. The summed E-state index contributed by atoms with van der Waals surface area (Å²) >= 11 is 0. The monoisotopic (exact) mass is 596 g/mol. The second-order valence-electron chi connectivity index (χ2n) is 11.1. The molecule has 0 saturated heterocycles. The largest absolute Gasteiger partial charge is 0.489 e. The molecule has 228 valence electrons. The van der Waals surface area contributed by atoms with E-state index in [1.165, 1.54) is 23.3 Å². The Bertz CT molecular complexity index is 1660. The van der Waals surface area contributed by atoms with Gasteiger partial charge in [-0.15, -0.1) is 0 Å². The molecule has 0 radical (unpaired) electrons. The molecule has 4 aromatic carbocycles. The van der Waals surface area contributed by atoms with Gasteiger partial charge >= 0.3 is 5.97 Å². The summed E-state index contributed by atoms with van der Waals surface area (Å²) in [6, 6.07) is 30.8. The zero-order valence-electron chi connectivity index (χ0n) is 24.5. The van der Waals surface area contributed by atoms with Crippen molar-refractivity contribution in [3.05, 3.63) is 131 Å². The molecule has 44 heavy (non-hydrogen) atoms. The lowest BCUT2D eigenvalue weighted by Gasteiger charge is -2.23. The highest BCUT2D eigenvalue weighted by atomic mass is 19.1. The fourth-order valence-corrected chi connectivity index (χ4v) is 4.97. The second kappa shape index (κ2) is 14.3. The van der Waals surface area contributed by atoms with Gasteiger partial charge in [0.2, 0.25) is 0 Å². The summed E-state index contributed by atoms with van der Waals surface area (Å²) in [6.45, 7) is -0.842. The first-order valence-electron chi connectivity index (χ1n) is 14.7. The van der Waals surface area contributed by atoms with Gasteiger partial charge in [-0.05, 0) is 90.0 Å². The number of aryl methyl sites for hydroxylation is 3. The van der Waals surface area contributed by atoms with Crippen LogP contribution < -0.4 is 10.5 Å². The molecule has 0 amide bonds. The van der Waals surface area contributed by atoms with Gasteiger partial charge in [-0.2, -0.15) is 0 Å². The molecule has 0 aliphatic rings. The Morgan fingerprint density at radius 3 is 2.23 bits per heavy atom. The number of ether oxygens (including phenoxy) is 2. The van der Waals surface area contributed by atoms with Gasteiger partial charge in [0.15, 0.2) is 0 Å². The molecule has 0 bridgehead atoms. The number of carbonyl (C=O) groups is 1. The predicted octanol–water partition coefficient (Wildman–Crippen LogP) is 5.29. The van der Waals surface area contributed by atoms with Crippen LogP contribution in [0.25, 0.3) is 16.6 Å². The average molecular weight is 597 g/mol. The highest BCUT2D eigenvalue weighted by Crippen LogP contribution is 2.28. The first-order chi connectivity index (χ1) is 21.4. The van der Waals surface area contributed by atoms with E-state index in [2.05, 4.69) is 47.2 Å². The third-order valence-electron chi connectivity index (χ3n) is 7.68. The summed E-state index contributed by atoms with van der Waals surface area (Å²) in [6.07, 6.45) is 4.56. The number of fused-ring (bicyclic) bond motifs is 1. The minimum Gasteiger partial charge on any atom is -0.489 e. The minimum absolute atomic E-state index is 0.153. The summed E-state index contributed by atoms with van der Waals surface area (Å²) < 4.78 is 26.4. The fraction of sp³-hybridized carbons (Fsp3) is 0.250. The number of nitrogens with two attached hydrogens (primary N) is 1. The molecule has 5 aromatic rings. The van der Waals surface area contributed by atoms with E-state index in [1.807, 2.05) is 36.4 Å². The van der Waals surface area contributed by atoms with Gasteiger partial charge in [-0.25, -0.2) is 4.39 Å². The number of rotatable bonds is 14. The zero-order valence-corrected chi connectivity index (χ0v) is 24.5. The van der Waals surface area contributed by atoms with Gasteiger partial charge in [-0.1, -0.05) is 48.5 Å². The first kappa shape index (κ1) is 30.9. The van der Waals surface area contributed by atoms with Crippen molar-refractivity contribution in [3.63, 3.8) is 0 Å². The molecule has 0 atom stereocenters. The van der Waals surface area contributed by atoms with Crippen LogP contribution in [-0.4, -0.2) is 46.1 Å². The quantitative estimate of drug-likeness (QED) is 0.150. The van der Waals surface area contributed by atoms with Crippen LogP contribution >= 0.6 is 0 Å². The van der Waals surface area contributed by atoms with Crippen molar-refractivity contribution in [1.29, 1.82) is 0 Å². The van der Waals surface area contributed by atoms with E-state index < -0.39 is 24.7 Å². The van der Waals surface area contributed by atoms with Crippen molar-refractivity contribution in [3.8, 4) is 11.4 Å². The van der Waals surface area contributed by atoms with Gasteiger partial charge in [0.25, 0.3) is 0 Å². The van der Waals surface area contributed by atoms with Crippen molar-refractivity contribution < 1.29 is 28.9 Å². The van der Waals surface area contributed by atoms with E-state index in [-0.39, 0.29) is 18.8 Å². The number of esters is 1. The van der Waals surface area contributed by atoms with Crippen LogP contribution in [0.5, 0.6) is 5.75 Å². The Morgan fingerprint density at radius 1 is 0.818 bits per heavy atom. The zero-order chi connectivity index (χ0) is 30.9. The number of aromatic nitrogens is 1. The van der Waals surface area contributed by atoms with Crippen molar-refractivity contribution in [1.82, 2.24) is 4.57 Å². The maximum absolute atomic E-state index is 13.2. The Balaban J connectivity index is 1.33. The number of aliphatic hydroxyl groups is 2. The normalized spacial score (nSPS) is 11.5. The van der Waals surface area contributed by atoms with Crippen LogP contribution in [0.4, 0.5) is 4.39 Å². The van der Waals surface area contributed by atoms with Crippen molar-refractivity contribution in [2.45, 2.75) is 37.8 Å². The van der Waals surface area contributed by atoms with E-state index >= 15 is 0 Å². The van der Waals surface area contributed by atoms with Crippen LogP contribution in [0.3, 0.4) is 0 Å². The maximum Gasteiger partial charge on any atom is 0.306 e. The van der Waals surface area contributed by atoms with Crippen LogP contribution in [0.2, 0.25) is 0 Å². The molecule has 0 fully saturated rings. The standard InChI is InChI=1S/C36H37FN2O5/c37-30-12-16-32(17-13-30)43-22-28-7-14-31(15-8-28)39-21-29(11-6-26-4-2-1-3-5-26)33-20-27(9-18-34(33)39)10-19-35(42)44-25-36(38,23-40)24-41/h1-5,7-9,12-18,20-21,40-41H,6,10-11,19,22-25,38H2. The van der Waals surface area contributed by atoms with Gasteiger partial charge in [0, 0.05) is 23.7 Å². The summed E-state index contributed by atoms with van der Waals surface area (Å²) in [4.78, 5) is 12.4. The minimum atomic E-state index is -1.35. The van der Waals surface area contributed by atoms with E-state index in [0.29, 0.717) is 18.8 Å². The molecule has 5 rings (SSSR count). The lowest BCUT2D eigenvalue weighted by atomic mass is 10.0. The topological polar surface area (TPSA) is 107 Å². The molecule has 0 spiro atoms. The summed E-state index contributed by atoms with van der Waals surface area (Å²) in [7, 11) is 0. The summed E-state index contributed by atoms with van der Waals surface area (Å²) in [5, 5.41) is 19.8. The lowest BCUT2D eigenvalue weighted by Crippen LogP contribution is -2.51. The van der Waals surface area contributed by atoms with Crippen molar-refractivity contribution >= 4 is 16.9 Å². The molecule has 7 nitrogen and oxygen atoms in total. The average Bonchev–Trinajstić information content (AvgIpc) is 3.43. The van der Waals surface area contributed by atoms with E-state index in [4.69, 9.17) is 15.2 Å². The third kappa shape index (κ3) is 7.90. The molecule has 0 aliphatic heterocycles. The first-order valence-corrected chi connectivity index (χ1v) is 14.7. The molecule has 0 unspecified atom stereocenters. The lowest BCUT2D eigenvalue weighted by molar-refractivity contribution is -0.146. The number of nitrogens with zero attached hydrogens (tertiary/aromatic N) is 1. The Hall–Kier alpha value is -4.50. The Kier molecular flexibility index (Phi) is 10.1. The van der Waals surface area contributed by atoms with Crippen molar-refractivity contribution in [2.75, 3.05) is 19.8 Å². The molecule has 1 heterocycles. The molecule has 8 heteroatoms. The van der Waals surface area contributed by atoms with E-state index in [1.54, 1.807) is 12.1 Å². The number of hydrogen-bond acceptors (Lipinski definition) is 6. The number of hydrogen-bond donors (Lipinski definition) is 3. The van der Waals surface area contributed by atoms with E-state index in [9.17, 15) is 19.4 Å². The smallest absolute Gasteiger partial charge is 0.306 e. The van der Waals surface area contributed by atoms with Crippen LogP contribution in [-0.2, 0) is 35.4 Å². The predicted molar refractivity (Wildman–Crippen MR) is 168 cm³/mol. The molecule has 4 N–H and O–H groups in total. The Labute approximate surface area is 256 Å². The van der Waals surface area contributed by atoms with Crippen LogP contribution in [0, 0.1) is 5.82 Å². The number of aliphatic hydroxyl groups excluding tert-OH is 2. The van der Waals surface area contributed by atoms with Crippen molar-refractivity contribution in [2.24, 2.45) is 5.73 Å². The maximum atomic E-state index is 13.2. The van der Waals surface area contributed by atoms with Crippen LogP contribution in [0.1, 0.15) is 28.7 Å². The highest BCUT2D eigenvalue weighted by Gasteiger charge is 2.25. The molecular weight excluding hydrogens is 559 g/mol. The number of benzene rings is 4. The molecular formula is C36H37FN2O5. The fourth-order valence-electron chi connectivity index (χ4n) is 4.97. The number of halogens is 1. The number of carbonyl (C=O) groups excluding carboxylic acids is 1. The van der Waals surface area contributed by atoms with Gasteiger partial charge in [0.05, 0.1) is 24.3 Å². The molecule has 0 aliphatic carbocycles. The SMILES string of the molecule is NC(CO)(CO)COC(=O)CCc1ccc2c(c1)c(CCc1ccccc1)cn2-c1ccc(COc2ccc(F)cc2)cc1. The summed E-state index contributed by atoms with van der Waals surface area (Å²) in [5.41, 5.74) is 11.0. The van der Waals surface area contributed by atoms with Crippen LogP contribution in [0.15, 0.2) is 103 Å². The second-order valence-corrected chi connectivity index (χ2v) is 11.1. The summed E-state index contributed by atoms with van der Waals surface area (Å²) in [5.74, 6) is -0.122.